The van der Waals surface area contributed by atoms with Gasteiger partial charge in [-0.1, -0.05) is 32.9 Å². The summed E-state index contributed by atoms with van der Waals surface area (Å²) in [5.74, 6) is 0.678. The Morgan fingerprint density at radius 2 is 2.04 bits per heavy atom. The zero-order valence-corrected chi connectivity index (χ0v) is 16.0. The van der Waals surface area contributed by atoms with Crippen molar-refractivity contribution in [1.82, 2.24) is 5.32 Å². The van der Waals surface area contributed by atoms with Crippen LogP contribution in [0.2, 0.25) is 0 Å². The summed E-state index contributed by atoms with van der Waals surface area (Å²) in [6, 6.07) is 7.42. The van der Waals surface area contributed by atoms with Gasteiger partial charge in [-0.3, -0.25) is 4.79 Å². The molecule has 1 N–H and O–H groups in total. The van der Waals surface area contributed by atoms with Crippen LogP contribution in [-0.2, 0) is 11.2 Å². The minimum Gasteiger partial charge on any atom is -0.423 e. The summed E-state index contributed by atoms with van der Waals surface area (Å²) < 4.78 is 5.29. The van der Waals surface area contributed by atoms with Gasteiger partial charge in [0.25, 0.3) is 0 Å². The van der Waals surface area contributed by atoms with Crippen molar-refractivity contribution < 1.29 is 9.21 Å². The van der Waals surface area contributed by atoms with E-state index >= 15 is 0 Å². The molecule has 0 unspecified atom stereocenters. The van der Waals surface area contributed by atoms with Crippen molar-refractivity contribution in [2.24, 2.45) is 16.7 Å². The van der Waals surface area contributed by atoms with E-state index in [-0.39, 0.29) is 29.2 Å². The van der Waals surface area contributed by atoms with Crippen LogP contribution in [0.4, 0.5) is 0 Å². The number of hydrogen-bond acceptors (Lipinski definition) is 3. The van der Waals surface area contributed by atoms with E-state index in [1.165, 1.54) is 18.9 Å². The first-order valence-electron chi connectivity index (χ1n) is 9.53. The highest BCUT2D eigenvalue weighted by Gasteiger charge is 2.61. The van der Waals surface area contributed by atoms with E-state index in [2.05, 4.69) is 26.1 Å². The van der Waals surface area contributed by atoms with E-state index < -0.39 is 5.63 Å². The first kappa shape index (κ1) is 17.3. The third-order valence-electron chi connectivity index (χ3n) is 7.47. The molecule has 1 aromatic carbocycles. The van der Waals surface area contributed by atoms with Crippen molar-refractivity contribution in [1.29, 1.82) is 0 Å². The highest BCUT2D eigenvalue weighted by molar-refractivity contribution is 5.87. The van der Waals surface area contributed by atoms with Crippen LogP contribution in [0.15, 0.2) is 33.5 Å². The van der Waals surface area contributed by atoms with Crippen molar-refractivity contribution in [3.8, 4) is 0 Å². The topological polar surface area (TPSA) is 59.3 Å². The van der Waals surface area contributed by atoms with Gasteiger partial charge in [0.15, 0.2) is 0 Å². The molecule has 26 heavy (non-hydrogen) atoms. The van der Waals surface area contributed by atoms with Crippen LogP contribution in [0.25, 0.3) is 11.0 Å². The van der Waals surface area contributed by atoms with Gasteiger partial charge in [-0.25, -0.2) is 4.79 Å². The molecule has 2 saturated carbocycles. The molecule has 4 nitrogen and oxygen atoms in total. The smallest absolute Gasteiger partial charge is 0.336 e. The summed E-state index contributed by atoms with van der Waals surface area (Å²) in [4.78, 5) is 24.7. The number of rotatable bonds is 3. The summed E-state index contributed by atoms with van der Waals surface area (Å²) in [7, 11) is 0. The van der Waals surface area contributed by atoms with Crippen LogP contribution in [0, 0.1) is 23.7 Å². The minimum atomic E-state index is -0.404. The van der Waals surface area contributed by atoms with E-state index in [0.717, 1.165) is 22.9 Å². The predicted octanol–water partition coefficient (Wildman–Crippen LogP) is 3.97. The Labute approximate surface area is 154 Å². The molecule has 0 spiro atoms. The normalized spacial score (nSPS) is 29.2. The van der Waals surface area contributed by atoms with Crippen molar-refractivity contribution >= 4 is 16.9 Å². The Hall–Kier alpha value is -2.10. The molecule has 2 aliphatic carbocycles. The quantitative estimate of drug-likeness (QED) is 0.849. The van der Waals surface area contributed by atoms with Crippen LogP contribution in [0.1, 0.15) is 51.2 Å². The average Bonchev–Trinajstić information content (AvgIpc) is 2.87. The van der Waals surface area contributed by atoms with Crippen LogP contribution in [0.5, 0.6) is 0 Å². The Morgan fingerprint density at radius 3 is 2.69 bits per heavy atom. The predicted molar refractivity (Wildman–Crippen MR) is 102 cm³/mol. The molecule has 2 fully saturated rings. The molecule has 2 aliphatic rings. The number of amides is 1. The zero-order chi connectivity index (χ0) is 18.7. The SMILES string of the molecule is Cc1ccc2c(CC(=O)N[C@@H]3C[C@H]4CC[C@@]3(C)C4(C)C)cc(=O)oc2c1. The fourth-order valence-corrected chi connectivity index (χ4v) is 5.32. The van der Waals surface area contributed by atoms with Gasteiger partial charge in [-0.2, -0.15) is 0 Å². The van der Waals surface area contributed by atoms with Gasteiger partial charge in [-0.05, 0) is 60.1 Å². The summed E-state index contributed by atoms with van der Waals surface area (Å²) >= 11 is 0. The molecule has 3 atom stereocenters. The molecule has 4 heteroatoms. The molecule has 138 valence electrons. The Morgan fingerprint density at radius 1 is 1.27 bits per heavy atom. The number of fused-ring (bicyclic) bond motifs is 3. The highest BCUT2D eigenvalue weighted by Crippen LogP contribution is 2.65. The van der Waals surface area contributed by atoms with E-state index in [1.54, 1.807) is 0 Å². The standard InChI is InChI=1S/C22H27NO3/c1-13-5-6-16-14(11-20(25)26-17(16)9-13)10-19(24)23-18-12-15-7-8-22(18,4)21(15,2)3/h5-6,9,11,15,18H,7-8,10,12H2,1-4H3,(H,23,24)/t15-,18-,22-/m1/s1. The molecule has 1 amide bonds. The summed E-state index contributed by atoms with van der Waals surface area (Å²) in [6.45, 7) is 8.96. The fraction of sp³-hybridized carbons (Fsp3) is 0.545. The average molecular weight is 353 g/mol. The maximum absolute atomic E-state index is 12.8. The maximum atomic E-state index is 12.8. The van der Waals surface area contributed by atoms with Crippen LogP contribution in [0.3, 0.4) is 0 Å². The largest absolute Gasteiger partial charge is 0.423 e. The van der Waals surface area contributed by atoms with E-state index in [4.69, 9.17) is 4.42 Å². The molecule has 4 rings (SSSR count). The number of benzene rings is 1. The van der Waals surface area contributed by atoms with Crippen molar-refractivity contribution in [3.05, 3.63) is 45.8 Å². The lowest BCUT2D eigenvalue weighted by Crippen LogP contribution is -2.47. The van der Waals surface area contributed by atoms with Gasteiger partial charge in [0.05, 0.1) is 6.42 Å². The van der Waals surface area contributed by atoms with Gasteiger partial charge >= 0.3 is 5.63 Å². The molecule has 2 aromatic rings. The summed E-state index contributed by atoms with van der Waals surface area (Å²) in [5.41, 5.74) is 2.33. The number of nitrogens with one attached hydrogen (secondary N) is 1. The molecular formula is C22H27NO3. The van der Waals surface area contributed by atoms with Crippen molar-refractivity contribution in [3.63, 3.8) is 0 Å². The van der Waals surface area contributed by atoms with E-state index in [0.29, 0.717) is 11.5 Å². The molecule has 0 saturated heterocycles. The van der Waals surface area contributed by atoms with Gasteiger partial charge in [-0.15, -0.1) is 0 Å². The fourth-order valence-electron chi connectivity index (χ4n) is 5.32. The minimum absolute atomic E-state index is 0.00736. The molecule has 0 aliphatic heterocycles. The molecule has 0 radical (unpaired) electrons. The number of hydrogen-bond donors (Lipinski definition) is 1. The summed E-state index contributed by atoms with van der Waals surface area (Å²) in [5, 5.41) is 4.12. The molecule has 2 bridgehead atoms. The third kappa shape index (κ3) is 2.50. The van der Waals surface area contributed by atoms with Gasteiger partial charge in [0, 0.05) is 17.5 Å². The van der Waals surface area contributed by atoms with Crippen molar-refractivity contribution in [2.75, 3.05) is 0 Å². The van der Waals surface area contributed by atoms with Crippen LogP contribution >= 0.6 is 0 Å². The molecule has 1 aromatic heterocycles. The van der Waals surface area contributed by atoms with E-state index in [1.807, 2.05) is 25.1 Å². The lowest BCUT2D eigenvalue weighted by molar-refractivity contribution is -0.122. The van der Waals surface area contributed by atoms with Crippen LogP contribution < -0.4 is 10.9 Å². The lowest BCUT2D eigenvalue weighted by atomic mass is 9.69. The van der Waals surface area contributed by atoms with Crippen LogP contribution in [-0.4, -0.2) is 11.9 Å². The summed E-state index contributed by atoms with van der Waals surface area (Å²) in [6.07, 6.45) is 3.71. The monoisotopic (exact) mass is 353 g/mol. The Bertz CT molecular complexity index is 942. The van der Waals surface area contributed by atoms with Gasteiger partial charge < -0.3 is 9.73 Å². The molecular weight excluding hydrogens is 326 g/mol. The lowest BCUT2D eigenvalue weighted by Gasteiger charge is -2.39. The zero-order valence-electron chi connectivity index (χ0n) is 16.0. The third-order valence-corrected chi connectivity index (χ3v) is 7.47. The van der Waals surface area contributed by atoms with Gasteiger partial charge in [0.2, 0.25) is 5.91 Å². The Balaban J connectivity index is 1.57. The first-order chi connectivity index (χ1) is 12.2. The van der Waals surface area contributed by atoms with E-state index in [9.17, 15) is 9.59 Å². The number of aryl methyl sites for hydroxylation is 1. The van der Waals surface area contributed by atoms with Crippen molar-refractivity contribution in [2.45, 2.75) is 59.4 Å². The number of carbonyl (C=O) groups excluding carboxylic acids is 1. The molecule has 1 heterocycles. The maximum Gasteiger partial charge on any atom is 0.336 e. The first-order valence-corrected chi connectivity index (χ1v) is 9.53. The second-order valence-corrected chi connectivity index (χ2v) is 9.00. The van der Waals surface area contributed by atoms with Gasteiger partial charge in [0.1, 0.15) is 5.58 Å². The highest BCUT2D eigenvalue weighted by atomic mass is 16.4. The second kappa shape index (κ2) is 5.70. The Kier molecular flexibility index (Phi) is 3.80. The second-order valence-electron chi connectivity index (χ2n) is 9.00. The number of carbonyl (C=O) groups is 1.